The minimum atomic E-state index is -0.370. The highest BCUT2D eigenvalue weighted by molar-refractivity contribution is 6.30. The van der Waals surface area contributed by atoms with Crippen molar-refractivity contribution in [3.8, 4) is 0 Å². The molecule has 37 heteroatoms. The fraction of sp³-hybridized carbons (Fsp3) is 0.0606. The first-order valence-electron chi connectivity index (χ1n) is 30.8. The predicted molar refractivity (Wildman–Crippen MR) is 390 cm³/mol. The van der Waals surface area contributed by atoms with Gasteiger partial charge < -0.3 is 26.6 Å². The molecule has 0 bridgehead atoms. The van der Waals surface area contributed by atoms with Crippen molar-refractivity contribution >= 4 is 204 Å². The summed E-state index contributed by atoms with van der Waals surface area (Å²) in [5.41, 5.74) is 8.37. The Labute approximate surface area is 601 Å². The zero-order chi connectivity index (χ0) is 70.5. The molecule has 103 heavy (non-hydrogen) atoms. The monoisotopic (exact) mass is 1470 g/mol. The predicted octanol–water partition coefficient (Wildman–Crippen LogP) is 15.3. The largest absolute Gasteiger partial charge is 0.323 e. The highest BCUT2D eigenvalue weighted by atomic mass is 35.5. The summed E-state index contributed by atoms with van der Waals surface area (Å²) in [4.78, 5) is 62.0. The first-order chi connectivity index (χ1) is 50.3. The molecule has 0 saturated carbocycles. The van der Waals surface area contributed by atoms with E-state index in [1.807, 2.05) is 73.7 Å². The smallest absolute Gasteiger partial charge is 0.226 e. The molecular weight excluding hydrogens is 1430 g/mol. The second-order valence-electron chi connectivity index (χ2n) is 22.2. The van der Waals surface area contributed by atoms with Crippen molar-refractivity contribution in [2.24, 2.45) is 0 Å². The average Bonchev–Trinajstić information content (AvgIpc) is 1.77. The Hall–Kier alpha value is -12.8. The van der Waals surface area contributed by atoms with Gasteiger partial charge >= 0.3 is 0 Å². The van der Waals surface area contributed by atoms with Crippen LogP contribution in [0, 0.1) is 18.6 Å². The summed E-state index contributed by atoms with van der Waals surface area (Å²) in [5.74, 6) is 5.12. The van der Waals surface area contributed by atoms with Gasteiger partial charge in [0.1, 0.15) is 52.6 Å². The van der Waals surface area contributed by atoms with E-state index in [4.69, 9.17) is 58.0 Å². The number of aromatic nitrogens is 25. The van der Waals surface area contributed by atoms with Gasteiger partial charge in [0, 0.05) is 76.0 Å². The number of pyridine rings is 3. The van der Waals surface area contributed by atoms with E-state index in [0.29, 0.717) is 102 Å². The molecule has 10 N–H and O–H groups in total. The van der Waals surface area contributed by atoms with Crippen LogP contribution in [0.2, 0.25) is 26.4 Å². The van der Waals surface area contributed by atoms with Crippen LogP contribution in [0.1, 0.15) is 23.4 Å². The van der Waals surface area contributed by atoms with Gasteiger partial charge in [-0.15, -0.1) is 0 Å². The number of aromatic amines is 5. The number of rotatable bonds is 10. The van der Waals surface area contributed by atoms with E-state index in [2.05, 4.69) is 152 Å². The minimum absolute atomic E-state index is 0.104. The number of nitrogens with zero attached hydrogens (tertiary/aromatic N) is 20. The number of hydrogen-bond donors (Lipinski definition) is 10. The van der Waals surface area contributed by atoms with Gasteiger partial charge in [0.25, 0.3) is 0 Å². The first kappa shape index (κ1) is 66.1. The van der Waals surface area contributed by atoms with Gasteiger partial charge in [0.05, 0.1) is 54.8 Å². The Morgan fingerprint density at radius 1 is 0.379 bits per heavy atom. The Morgan fingerprint density at radius 2 is 0.893 bits per heavy atom. The molecule has 14 heterocycles. The Bertz CT molecular complexity index is 6010. The fourth-order valence-electron chi connectivity index (χ4n) is 10.9. The molecule has 0 radical (unpaired) electrons. The maximum Gasteiger partial charge on any atom is 0.226 e. The second-order valence-corrected chi connectivity index (χ2v) is 23.9. The van der Waals surface area contributed by atoms with Crippen molar-refractivity contribution in [2.75, 3.05) is 26.6 Å². The van der Waals surface area contributed by atoms with Crippen LogP contribution in [0.25, 0.3) is 87.5 Å². The number of nitrogens with one attached hydrogen (secondary N) is 10. The summed E-state index contributed by atoms with van der Waals surface area (Å²) >= 11 is 29.7. The van der Waals surface area contributed by atoms with Crippen molar-refractivity contribution < 1.29 is 8.78 Å². The molecule has 0 atom stereocenters. The van der Waals surface area contributed by atoms with Crippen LogP contribution in [0.4, 0.5) is 67.0 Å². The molecule has 1 aliphatic carbocycles. The van der Waals surface area contributed by atoms with Crippen LogP contribution < -0.4 is 26.6 Å². The quantitative estimate of drug-likeness (QED) is 0.0569. The fourth-order valence-corrected chi connectivity index (χ4v) is 11.8. The van der Waals surface area contributed by atoms with E-state index >= 15 is 0 Å². The number of hydrogen-bond acceptors (Lipinski definition) is 25. The SMILES string of the molecule is Cc1cc(Nc2nc(Cl)nc3ncccc23)n[nH]1.Clc1nc(Nc2n[nH]c3ccccc23)c2cnccc2n1.Clc1nc(Nc2n[nH]c3ccccc23)c2cncnc2n1.Fc1ccc2[nH]nc(Nc3nc(Cl)nc4c3CCC4)c2c1.Fc1cccc2c(Nc3nc(Cl)nc4ccncc34)n[nH]c12. The number of H-pyrrole nitrogens is 5. The molecule has 14 aromatic heterocycles. The molecule has 0 aliphatic heterocycles. The highest BCUT2D eigenvalue weighted by Gasteiger charge is 2.22. The number of halogens is 7. The average molecular weight is 1470 g/mol. The van der Waals surface area contributed by atoms with Crippen molar-refractivity contribution in [1.82, 2.24) is 126 Å². The summed E-state index contributed by atoms with van der Waals surface area (Å²) < 4.78 is 27.1. The summed E-state index contributed by atoms with van der Waals surface area (Å²) in [6.07, 6.45) is 14.2. The lowest BCUT2D eigenvalue weighted by Gasteiger charge is -2.08. The van der Waals surface area contributed by atoms with Crippen molar-refractivity contribution in [1.29, 1.82) is 0 Å². The lowest BCUT2D eigenvalue weighted by Crippen LogP contribution is -2.02. The molecule has 0 amide bonds. The number of benzene rings is 4. The molecule has 0 spiro atoms. The van der Waals surface area contributed by atoms with Gasteiger partial charge in [-0.3, -0.25) is 35.5 Å². The normalized spacial score (nSPS) is 11.6. The van der Waals surface area contributed by atoms with Crippen molar-refractivity contribution in [3.63, 3.8) is 0 Å². The van der Waals surface area contributed by atoms with E-state index in [9.17, 15) is 8.78 Å². The van der Waals surface area contributed by atoms with Crippen LogP contribution in [0.3, 0.4) is 0 Å². The molecule has 0 fully saturated rings. The maximum absolute atomic E-state index is 13.7. The minimum Gasteiger partial charge on any atom is -0.323 e. The molecule has 0 saturated heterocycles. The Kier molecular flexibility index (Phi) is 18.8. The molecule has 0 unspecified atom stereocenters. The molecule has 18 aromatic rings. The Morgan fingerprint density at radius 3 is 1.53 bits per heavy atom. The van der Waals surface area contributed by atoms with Crippen LogP contribution in [-0.2, 0) is 12.8 Å². The second kappa shape index (κ2) is 29.2. The zero-order valence-electron chi connectivity index (χ0n) is 52.7. The van der Waals surface area contributed by atoms with Crippen molar-refractivity contribution in [3.05, 3.63) is 214 Å². The summed E-state index contributed by atoms with van der Waals surface area (Å²) in [7, 11) is 0. The van der Waals surface area contributed by atoms with Gasteiger partial charge in [-0.2, -0.15) is 55.4 Å². The van der Waals surface area contributed by atoms with E-state index in [1.54, 1.807) is 67.5 Å². The van der Waals surface area contributed by atoms with E-state index < -0.39 is 0 Å². The van der Waals surface area contributed by atoms with Crippen LogP contribution in [0.5, 0.6) is 0 Å². The lowest BCUT2D eigenvalue weighted by molar-refractivity contribution is 0.629. The topological polar surface area (TPSA) is 397 Å². The third-order valence-corrected chi connectivity index (χ3v) is 16.4. The van der Waals surface area contributed by atoms with Crippen molar-refractivity contribution in [2.45, 2.75) is 26.2 Å². The van der Waals surface area contributed by atoms with Gasteiger partial charge in [-0.1, -0.05) is 30.3 Å². The summed E-state index contributed by atoms with van der Waals surface area (Å²) in [6, 6.07) is 33.9. The summed E-state index contributed by atoms with van der Waals surface area (Å²) in [6.45, 7) is 1.92. The number of aryl methyl sites for hydroxylation is 2. The number of fused-ring (bicyclic) bond motifs is 9. The van der Waals surface area contributed by atoms with Gasteiger partial charge in [0.15, 0.2) is 40.4 Å². The lowest BCUT2D eigenvalue weighted by atomic mass is 10.2. The van der Waals surface area contributed by atoms with Crippen LogP contribution >= 0.6 is 58.0 Å². The molecule has 19 rings (SSSR count). The number of para-hydroxylation sites is 3. The summed E-state index contributed by atoms with van der Waals surface area (Å²) in [5, 5.41) is 57.7. The molecule has 4 aromatic carbocycles. The van der Waals surface area contributed by atoms with Crippen LogP contribution in [-0.4, -0.2) is 126 Å². The van der Waals surface area contributed by atoms with Gasteiger partial charge in [-0.25, -0.2) is 43.7 Å². The van der Waals surface area contributed by atoms with Crippen LogP contribution in [0.15, 0.2) is 159 Å². The third kappa shape index (κ3) is 14.7. The highest BCUT2D eigenvalue weighted by Crippen LogP contribution is 2.35. The van der Waals surface area contributed by atoms with E-state index in [1.165, 1.54) is 24.5 Å². The molecule has 30 nitrogen and oxygen atoms in total. The Balaban J connectivity index is 0.000000104. The number of anilines is 10. The molecule has 508 valence electrons. The maximum atomic E-state index is 13.7. The zero-order valence-corrected chi connectivity index (χ0v) is 56.5. The van der Waals surface area contributed by atoms with Gasteiger partial charge in [-0.05, 0) is 163 Å². The molecule has 1 aliphatic rings. The molecular formula is C66H45Cl5F2N30. The third-order valence-electron chi connectivity index (χ3n) is 15.6. The first-order valence-corrected chi connectivity index (χ1v) is 32.7. The standard InChI is InChI=1S/C14H8ClFN6.C14H11ClFN5.C14H9ClN6.C13H8ClN7.C11H9ClN6/c15-14-18-10-4-5-17-6-8(10)12(20-14)19-13-7-2-1-3-9(16)11(7)21-22-13;15-14-17-10-3-1-2-8(10)12(19-14)18-13-9-6-7(16)4-5-11(9)20-21-13;15-14-17-10-5-6-16-7-9(10)12(19-14)18-13-8-3-1-2-4-11(8)20-21-13;14-13-18-10-8(5-15-6-16-10)11(19-13)17-12-7-3-1-2-4-9(7)20-21-12;1-6-5-8(18-17-6)14-10-7-3-2-4-13-9(7)15-11(12)16-10/h1-6H,(H2,18,19,20,21,22);4-6H,1-3H2,(H2,17,18,19,20,21);1-7H,(H2,17,18,19,20,21);1-6H,(H2,15,16,17,18,19,20,21);2-5H,1H3,(H2,13,14,15,16,17,18). The van der Waals surface area contributed by atoms with E-state index in [-0.39, 0.29) is 38.1 Å². The van der Waals surface area contributed by atoms with Gasteiger partial charge in [0.2, 0.25) is 26.4 Å². The van der Waals surface area contributed by atoms with E-state index in [0.717, 1.165) is 79.8 Å².